The molecule has 1 aliphatic rings. The average Bonchev–Trinajstić information content (AvgIpc) is 2.38. The first-order valence-electron chi connectivity index (χ1n) is 6.40. The molecule has 0 aromatic heterocycles. The van der Waals surface area contributed by atoms with Gasteiger partial charge in [-0.3, -0.25) is 0 Å². The molecule has 1 saturated heterocycles. The minimum atomic E-state index is -3.45. The molecular weight excluding hydrogens is 300 g/mol. The highest BCUT2D eigenvalue weighted by atomic mass is 35.5. The predicted octanol–water partition coefficient (Wildman–Crippen LogP) is 1.46. The molecule has 0 radical (unpaired) electrons. The molecule has 0 unspecified atom stereocenters. The zero-order valence-electron chi connectivity index (χ0n) is 11.7. The number of rotatable bonds is 4. The van der Waals surface area contributed by atoms with E-state index in [-0.39, 0.29) is 18.4 Å². The van der Waals surface area contributed by atoms with E-state index < -0.39 is 10.0 Å². The number of methoxy groups -OCH3 is 1. The molecule has 0 atom stereocenters. The molecule has 0 saturated carbocycles. The second-order valence-electron chi connectivity index (χ2n) is 4.78. The van der Waals surface area contributed by atoms with Crippen LogP contribution in [-0.4, -0.2) is 34.7 Å². The van der Waals surface area contributed by atoms with Crippen LogP contribution in [0, 0.1) is 6.92 Å². The molecule has 1 aromatic carbocycles. The van der Waals surface area contributed by atoms with Gasteiger partial charge in [0, 0.05) is 6.04 Å². The third-order valence-corrected chi connectivity index (χ3v) is 5.01. The standard InChI is InChI=1S/C13H20N2O3S.ClH/c1-10-9-12(18-2)3-4-13(10)19(16,17)15-11-5-7-14-8-6-11;/h3-4,9,11,14-15H,5-8H2,1-2H3;1H. The Labute approximate surface area is 126 Å². The molecule has 114 valence electrons. The zero-order chi connectivity index (χ0) is 13.9. The summed E-state index contributed by atoms with van der Waals surface area (Å²) in [5, 5.41) is 3.22. The SMILES string of the molecule is COc1ccc(S(=O)(=O)NC2CCNCC2)c(C)c1.Cl. The van der Waals surface area contributed by atoms with Crippen LogP contribution in [0.25, 0.3) is 0 Å². The zero-order valence-corrected chi connectivity index (χ0v) is 13.3. The van der Waals surface area contributed by atoms with Crippen molar-refractivity contribution in [3.8, 4) is 5.75 Å². The molecule has 7 heteroatoms. The Balaban J connectivity index is 0.00000200. The molecule has 0 amide bonds. The largest absolute Gasteiger partial charge is 0.497 e. The molecule has 20 heavy (non-hydrogen) atoms. The van der Waals surface area contributed by atoms with Crippen LogP contribution in [0.5, 0.6) is 5.75 Å². The average molecular weight is 321 g/mol. The highest BCUT2D eigenvalue weighted by Gasteiger charge is 2.23. The Morgan fingerprint density at radius 1 is 1.30 bits per heavy atom. The molecule has 5 nitrogen and oxygen atoms in total. The van der Waals surface area contributed by atoms with Gasteiger partial charge in [-0.2, -0.15) is 0 Å². The highest BCUT2D eigenvalue weighted by Crippen LogP contribution is 2.21. The van der Waals surface area contributed by atoms with Crippen molar-refractivity contribution in [1.29, 1.82) is 0 Å². The third-order valence-electron chi connectivity index (χ3n) is 3.33. The van der Waals surface area contributed by atoms with Crippen molar-refractivity contribution in [2.75, 3.05) is 20.2 Å². The van der Waals surface area contributed by atoms with Gasteiger partial charge in [0.25, 0.3) is 0 Å². The Kier molecular flexibility index (Phi) is 6.26. The Morgan fingerprint density at radius 3 is 2.50 bits per heavy atom. The maximum Gasteiger partial charge on any atom is 0.241 e. The molecule has 0 aliphatic carbocycles. The summed E-state index contributed by atoms with van der Waals surface area (Å²) in [4.78, 5) is 0.326. The molecule has 1 aliphatic heterocycles. The lowest BCUT2D eigenvalue weighted by molar-refractivity contribution is 0.413. The predicted molar refractivity (Wildman–Crippen MR) is 81.2 cm³/mol. The quantitative estimate of drug-likeness (QED) is 0.881. The number of benzene rings is 1. The van der Waals surface area contributed by atoms with Gasteiger partial charge >= 0.3 is 0 Å². The number of hydrogen-bond donors (Lipinski definition) is 2. The van der Waals surface area contributed by atoms with Crippen molar-refractivity contribution in [3.63, 3.8) is 0 Å². The first-order chi connectivity index (χ1) is 9.03. The van der Waals surface area contributed by atoms with Crippen LogP contribution in [0.1, 0.15) is 18.4 Å². The van der Waals surface area contributed by atoms with Crippen LogP contribution in [0.3, 0.4) is 0 Å². The van der Waals surface area contributed by atoms with Crippen LogP contribution in [-0.2, 0) is 10.0 Å². The number of ether oxygens (including phenoxy) is 1. The number of sulfonamides is 1. The van der Waals surface area contributed by atoms with E-state index in [0.717, 1.165) is 25.9 Å². The van der Waals surface area contributed by atoms with Gasteiger partial charge in [-0.25, -0.2) is 13.1 Å². The van der Waals surface area contributed by atoms with E-state index in [1.165, 1.54) is 0 Å². The van der Waals surface area contributed by atoms with E-state index in [1.54, 1.807) is 32.2 Å². The Hall–Kier alpha value is -0.820. The summed E-state index contributed by atoms with van der Waals surface area (Å²) < 4.78 is 32.6. The molecule has 1 fully saturated rings. The van der Waals surface area contributed by atoms with E-state index in [4.69, 9.17) is 4.74 Å². The molecule has 0 bridgehead atoms. The molecule has 1 heterocycles. The maximum absolute atomic E-state index is 12.3. The normalized spacial score (nSPS) is 16.5. The fourth-order valence-electron chi connectivity index (χ4n) is 2.27. The smallest absolute Gasteiger partial charge is 0.241 e. The summed E-state index contributed by atoms with van der Waals surface area (Å²) in [7, 11) is -1.88. The van der Waals surface area contributed by atoms with Crippen molar-refractivity contribution in [2.45, 2.75) is 30.7 Å². The minimum Gasteiger partial charge on any atom is -0.497 e. The summed E-state index contributed by atoms with van der Waals surface area (Å²) in [5.74, 6) is 0.665. The number of halogens is 1. The van der Waals surface area contributed by atoms with Crippen molar-refractivity contribution in [1.82, 2.24) is 10.0 Å². The van der Waals surface area contributed by atoms with Gasteiger partial charge < -0.3 is 10.1 Å². The Morgan fingerprint density at radius 2 is 1.95 bits per heavy atom. The van der Waals surface area contributed by atoms with Crippen LogP contribution in [0.4, 0.5) is 0 Å². The van der Waals surface area contributed by atoms with Gasteiger partial charge in [0.15, 0.2) is 0 Å². The van der Waals surface area contributed by atoms with Crippen molar-refractivity contribution in [3.05, 3.63) is 23.8 Å². The van der Waals surface area contributed by atoms with Crippen molar-refractivity contribution < 1.29 is 13.2 Å². The van der Waals surface area contributed by atoms with Crippen molar-refractivity contribution in [2.24, 2.45) is 0 Å². The summed E-state index contributed by atoms with van der Waals surface area (Å²) in [6.07, 6.45) is 1.66. The third kappa shape index (κ3) is 4.09. The lowest BCUT2D eigenvalue weighted by Crippen LogP contribution is -2.42. The first kappa shape index (κ1) is 17.2. The number of piperidine rings is 1. The van der Waals surface area contributed by atoms with Crippen molar-refractivity contribution >= 4 is 22.4 Å². The van der Waals surface area contributed by atoms with Crippen LogP contribution < -0.4 is 14.8 Å². The second kappa shape index (κ2) is 7.26. The van der Waals surface area contributed by atoms with E-state index >= 15 is 0 Å². The second-order valence-corrected chi connectivity index (χ2v) is 6.46. The summed E-state index contributed by atoms with van der Waals surface area (Å²) in [6.45, 7) is 3.49. The van der Waals surface area contributed by atoms with Crippen LogP contribution in [0.2, 0.25) is 0 Å². The van der Waals surface area contributed by atoms with Crippen LogP contribution in [0.15, 0.2) is 23.1 Å². The van der Waals surface area contributed by atoms with E-state index in [1.807, 2.05) is 0 Å². The fourth-order valence-corrected chi connectivity index (χ4v) is 3.80. The molecule has 2 rings (SSSR count). The molecule has 2 N–H and O–H groups in total. The van der Waals surface area contributed by atoms with Gasteiger partial charge in [-0.15, -0.1) is 12.4 Å². The number of aryl methyl sites for hydroxylation is 1. The Bertz CT molecular complexity index is 543. The van der Waals surface area contributed by atoms with Gasteiger partial charge in [0.1, 0.15) is 5.75 Å². The summed E-state index contributed by atoms with van der Waals surface area (Å²) in [5.41, 5.74) is 0.695. The first-order valence-corrected chi connectivity index (χ1v) is 7.89. The van der Waals surface area contributed by atoms with E-state index in [0.29, 0.717) is 16.2 Å². The van der Waals surface area contributed by atoms with Gasteiger partial charge in [0.05, 0.1) is 12.0 Å². The molecule has 0 spiro atoms. The monoisotopic (exact) mass is 320 g/mol. The van der Waals surface area contributed by atoms with Gasteiger partial charge in [-0.1, -0.05) is 0 Å². The van der Waals surface area contributed by atoms with E-state index in [9.17, 15) is 8.42 Å². The topological polar surface area (TPSA) is 67.4 Å². The van der Waals surface area contributed by atoms with Crippen LogP contribution >= 0.6 is 12.4 Å². The number of nitrogens with one attached hydrogen (secondary N) is 2. The fraction of sp³-hybridized carbons (Fsp3) is 0.538. The molecule has 1 aromatic rings. The minimum absolute atomic E-state index is 0. The van der Waals surface area contributed by atoms with Gasteiger partial charge in [-0.05, 0) is 56.6 Å². The van der Waals surface area contributed by atoms with Gasteiger partial charge in [0.2, 0.25) is 10.0 Å². The lowest BCUT2D eigenvalue weighted by atomic mass is 10.1. The number of hydrogen-bond acceptors (Lipinski definition) is 4. The molecular formula is C13H21ClN2O3S. The highest BCUT2D eigenvalue weighted by molar-refractivity contribution is 7.89. The lowest BCUT2D eigenvalue weighted by Gasteiger charge is -2.23. The van der Waals surface area contributed by atoms with E-state index in [2.05, 4.69) is 10.0 Å². The maximum atomic E-state index is 12.3. The summed E-state index contributed by atoms with van der Waals surface area (Å²) in [6, 6.07) is 5.02. The summed E-state index contributed by atoms with van der Waals surface area (Å²) >= 11 is 0.